The zero-order valence-electron chi connectivity index (χ0n) is 19.9. The summed E-state index contributed by atoms with van der Waals surface area (Å²) in [5, 5.41) is 8.90. The van der Waals surface area contributed by atoms with Crippen LogP contribution in [0.3, 0.4) is 0 Å². The first kappa shape index (κ1) is 25.5. The number of nitrogens with one attached hydrogen (secondary N) is 4. The molecule has 7 nitrogen and oxygen atoms in total. The zero-order valence-corrected chi connectivity index (χ0v) is 22.3. The maximum atomic E-state index is 12.5. The van der Waals surface area contributed by atoms with E-state index < -0.39 is 6.04 Å². The van der Waals surface area contributed by atoms with E-state index in [4.69, 9.17) is 23.8 Å². The molecule has 0 bridgehead atoms. The van der Waals surface area contributed by atoms with Crippen LogP contribution < -0.4 is 21.5 Å². The highest BCUT2D eigenvalue weighted by Crippen LogP contribution is 2.37. The fourth-order valence-corrected chi connectivity index (χ4v) is 5.89. The van der Waals surface area contributed by atoms with Gasteiger partial charge in [0.1, 0.15) is 0 Å². The van der Waals surface area contributed by atoms with Crippen molar-refractivity contribution in [2.24, 2.45) is 0 Å². The van der Waals surface area contributed by atoms with Gasteiger partial charge in [0.05, 0.1) is 22.3 Å². The number of hydrazine groups is 1. The monoisotopic (exact) mass is 551 g/mol. The van der Waals surface area contributed by atoms with E-state index >= 15 is 0 Å². The highest BCUT2D eigenvalue weighted by atomic mass is 35.5. The van der Waals surface area contributed by atoms with E-state index in [1.807, 2.05) is 12.1 Å². The lowest BCUT2D eigenvalue weighted by Crippen LogP contribution is -2.37. The largest absolute Gasteiger partial charge is 0.341 e. The van der Waals surface area contributed by atoms with Gasteiger partial charge in [-0.25, -0.2) is 4.98 Å². The lowest BCUT2D eigenvalue weighted by Gasteiger charge is -2.23. The van der Waals surface area contributed by atoms with Crippen molar-refractivity contribution in [3.63, 3.8) is 0 Å². The number of halogens is 1. The Morgan fingerprint density at radius 2 is 2.03 bits per heavy atom. The number of hydrogen-bond donors (Lipinski definition) is 4. The van der Waals surface area contributed by atoms with E-state index in [-0.39, 0.29) is 21.6 Å². The van der Waals surface area contributed by atoms with E-state index in [1.165, 1.54) is 29.6 Å². The smallest absolute Gasteiger partial charge is 0.253 e. The fraction of sp³-hybridized carbons (Fsp3) is 0.259. The molecule has 2 atom stereocenters. The summed E-state index contributed by atoms with van der Waals surface area (Å²) in [6.07, 6.45) is 9.92. The summed E-state index contributed by atoms with van der Waals surface area (Å²) in [6.45, 7) is 0. The number of fused-ring (bicyclic) bond motifs is 1. The van der Waals surface area contributed by atoms with Gasteiger partial charge in [-0.1, -0.05) is 71.9 Å². The third kappa shape index (κ3) is 5.89. The number of aromatic nitrogens is 1. The molecule has 2 unspecified atom stereocenters. The van der Waals surface area contributed by atoms with Crippen LogP contribution in [0.2, 0.25) is 5.02 Å². The Labute approximate surface area is 229 Å². The number of allylic oxidation sites excluding steroid dienone is 2. The molecule has 0 spiro atoms. The van der Waals surface area contributed by atoms with Gasteiger partial charge in [0.2, 0.25) is 5.12 Å². The number of nitrogens with zero attached hydrogens (tertiary/aromatic N) is 1. The number of amides is 1. The summed E-state index contributed by atoms with van der Waals surface area (Å²) < 4.78 is 0. The molecule has 1 aliphatic carbocycles. The van der Waals surface area contributed by atoms with Gasteiger partial charge >= 0.3 is 0 Å². The van der Waals surface area contributed by atoms with Gasteiger partial charge in [0.25, 0.3) is 5.91 Å². The van der Waals surface area contributed by atoms with Gasteiger partial charge in [-0.2, -0.15) is 0 Å². The summed E-state index contributed by atoms with van der Waals surface area (Å²) in [5.74, 6) is 0.975. The van der Waals surface area contributed by atoms with Crippen molar-refractivity contribution in [1.29, 1.82) is 0 Å². The minimum Gasteiger partial charge on any atom is -0.341 e. The Morgan fingerprint density at radius 3 is 2.78 bits per heavy atom. The summed E-state index contributed by atoms with van der Waals surface area (Å²) in [4.78, 5) is 28.6. The van der Waals surface area contributed by atoms with Crippen molar-refractivity contribution in [3.8, 4) is 0 Å². The number of pyridine rings is 1. The van der Waals surface area contributed by atoms with Crippen molar-refractivity contribution < 1.29 is 9.59 Å². The van der Waals surface area contributed by atoms with Gasteiger partial charge in [-0.3, -0.25) is 20.4 Å². The summed E-state index contributed by atoms with van der Waals surface area (Å²) in [5.41, 5.74) is 8.33. The molecule has 4 N–H and O–H groups in total. The van der Waals surface area contributed by atoms with Crippen molar-refractivity contribution in [2.75, 3.05) is 16.5 Å². The van der Waals surface area contributed by atoms with Gasteiger partial charge < -0.3 is 10.6 Å². The molecule has 10 heteroatoms. The fourth-order valence-electron chi connectivity index (χ4n) is 4.59. The highest BCUT2D eigenvalue weighted by molar-refractivity contribution is 8.14. The maximum Gasteiger partial charge on any atom is 0.253 e. The number of rotatable bonds is 6. The Balaban J connectivity index is 1.27. The molecule has 0 radical (unpaired) electrons. The number of carbonyl (C=O) groups excluding carboxylic acids is 2. The summed E-state index contributed by atoms with van der Waals surface area (Å²) in [7, 11) is 0. The van der Waals surface area contributed by atoms with Gasteiger partial charge in [-0.15, -0.1) is 0 Å². The molecular weight excluding hydrogens is 526 g/mol. The molecule has 0 saturated carbocycles. The second-order valence-corrected chi connectivity index (χ2v) is 10.9. The molecule has 1 amide bonds. The maximum absolute atomic E-state index is 12.5. The van der Waals surface area contributed by atoms with Crippen LogP contribution in [0, 0.1) is 0 Å². The molecule has 190 valence electrons. The molecule has 2 aromatic carbocycles. The van der Waals surface area contributed by atoms with E-state index in [0.29, 0.717) is 29.0 Å². The summed E-state index contributed by atoms with van der Waals surface area (Å²) >= 11 is 13.2. The first-order valence-corrected chi connectivity index (χ1v) is 13.9. The number of carbonyl (C=O) groups is 2. The molecule has 1 saturated heterocycles. The zero-order chi connectivity index (χ0) is 25.8. The van der Waals surface area contributed by atoms with Crippen LogP contribution in [-0.4, -0.2) is 32.9 Å². The second-order valence-electron chi connectivity index (χ2n) is 8.96. The normalized spacial score (nSPS) is 19.0. The predicted molar refractivity (Wildman–Crippen MR) is 155 cm³/mol. The van der Waals surface area contributed by atoms with Crippen molar-refractivity contribution in [3.05, 3.63) is 77.0 Å². The lowest BCUT2D eigenvalue weighted by atomic mass is 9.87. The average Bonchev–Trinajstić information content (AvgIpc) is 3.32. The average molecular weight is 552 g/mol. The minimum absolute atomic E-state index is 0.0234. The van der Waals surface area contributed by atoms with E-state index in [1.54, 1.807) is 0 Å². The van der Waals surface area contributed by atoms with E-state index in [2.05, 4.69) is 62.9 Å². The van der Waals surface area contributed by atoms with E-state index in [9.17, 15) is 9.59 Å². The molecule has 37 heavy (non-hydrogen) atoms. The van der Waals surface area contributed by atoms with Gasteiger partial charge in [0, 0.05) is 23.3 Å². The van der Waals surface area contributed by atoms with Crippen molar-refractivity contribution in [1.82, 2.24) is 15.7 Å². The predicted octanol–water partition coefficient (Wildman–Crippen LogP) is 5.79. The number of thioether (sulfide) groups is 1. The Morgan fingerprint density at radius 1 is 1.16 bits per heavy atom. The standard InChI is InChI=1S/C27H26ClN5O2S2/c28-21-14-18(25(34)30-22-12-13-37-26(22)35)15-29-24(21)32-33-27(36)31-23-19-9-5-4-8-17(19)10-11-20(23)16-6-2-1-3-7-16/h2,4-6,8-11,14-16,22H,1,3,7,12-13H2,(H,29,32)(H,30,34)(H2,31,33,36). The number of anilines is 2. The number of hydrogen-bond acceptors (Lipinski definition) is 6. The third-order valence-corrected chi connectivity index (χ3v) is 7.99. The molecule has 3 aromatic rings. The molecule has 5 rings (SSSR count). The number of thiocarbonyl (C=S) groups is 1. The molecule has 2 aliphatic rings. The van der Waals surface area contributed by atoms with Gasteiger partial charge in [-0.05, 0) is 54.9 Å². The minimum atomic E-state index is -0.470. The SMILES string of the molecule is O=C(NC1CCSC1=O)c1cnc(NNC(=S)Nc2c(C3C=CCCC3)ccc3ccccc23)c(Cl)c1. The van der Waals surface area contributed by atoms with Gasteiger partial charge in [0.15, 0.2) is 10.9 Å². The molecular formula is C27H26ClN5O2S2. The van der Waals surface area contributed by atoms with Crippen LogP contribution in [0.15, 0.2) is 60.8 Å². The molecule has 1 aromatic heterocycles. The van der Waals surface area contributed by atoms with Crippen molar-refractivity contribution in [2.45, 2.75) is 37.6 Å². The second kappa shape index (κ2) is 11.5. The van der Waals surface area contributed by atoms with Crippen LogP contribution in [0.5, 0.6) is 0 Å². The van der Waals surface area contributed by atoms with E-state index in [0.717, 1.165) is 35.7 Å². The van der Waals surface area contributed by atoms with Crippen LogP contribution in [0.1, 0.15) is 47.5 Å². The third-order valence-electron chi connectivity index (χ3n) is 6.49. The summed E-state index contributed by atoms with van der Waals surface area (Å²) in [6, 6.07) is 13.6. The van der Waals surface area contributed by atoms with Crippen LogP contribution in [-0.2, 0) is 4.79 Å². The molecule has 1 fully saturated rings. The Hall–Kier alpha value is -3.14. The topological polar surface area (TPSA) is 95.2 Å². The Bertz CT molecular complexity index is 1400. The van der Waals surface area contributed by atoms with Crippen LogP contribution in [0.25, 0.3) is 10.8 Å². The first-order valence-electron chi connectivity index (χ1n) is 12.1. The van der Waals surface area contributed by atoms with Crippen LogP contribution in [0.4, 0.5) is 11.5 Å². The number of benzene rings is 2. The molecule has 1 aliphatic heterocycles. The van der Waals surface area contributed by atoms with Crippen LogP contribution >= 0.6 is 35.6 Å². The lowest BCUT2D eigenvalue weighted by molar-refractivity contribution is -0.112. The quantitative estimate of drug-likeness (QED) is 0.174. The Kier molecular flexibility index (Phi) is 7.93. The first-order chi connectivity index (χ1) is 18.0. The highest BCUT2D eigenvalue weighted by Gasteiger charge is 2.27. The van der Waals surface area contributed by atoms with Crippen molar-refractivity contribution >= 4 is 74.0 Å². The molecule has 2 heterocycles.